The summed E-state index contributed by atoms with van der Waals surface area (Å²) >= 11 is 0. The van der Waals surface area contributed by atoms with Gasteiger partial charge >= 0.3 is 12.1 Å². The van der Waals surface area contributed by atoms with Gasteiger partial charge in [-0.3, -0.25) is 4.79 Å². The standard InChI is InChI=1S/C15H20F3NO3/c1-8(2)11(13(21)22)19-9-7-14(5-3-4-6-14)10(9)12(20)15(16,17)18/h8,11,19H,3-7H2,1-2H3,(H,21,22). The van der Waals surface area contributed by atoms with Crippen LogP contribution in [0, 0.1) is 11.3 Å². The van der Waals surface area contributed by atoms with Crippen LogP contribution in [0.25, 0.3) is 0 Å². The minimum Gasteiger partial charge on any atom is -0.480 e. The van der Waals surface area contributed by atoms with Crippen LogP contribution in [0.2, 0.25) is 0 Å². The fourth-order valence-electron chi connectivity index (χ4n) is 3.55. The molecule has 0 radical (unpaired) electrons. The number of Topliss-reactive ketones (excluding diaryl/α,β-unsaturated/α-hetero) is 1. The van der Waals surface area contributed by atoms with E-state index in [0.717, 1.165) is 12.8 Å². The van der Waals surface area contributed by atoms with E-state index in [0.29, 0.717) is 19.3 Å². The number of ketones is 1. The molecule has 1 unspecified atom stereocenters. The topological polar surface area (TPSA) is 66.4 Å². The highest BCUT2D eigenvalue weighted by molar-refractivity contribution is 6.03. The zero-order valence-corrected chi connectivity index (χ0v) is 12.6. The van der Waals surface area contributed by atoms with Crippen molar-refractivity contribution in [1.82, 2.24) is 5.32 Å². The number of rotatable bonds is 5. The Balaban J connectivity index is 2.33. The lowest BCUT2D eigenvalue weighted by Gasteiger charge is -2.44. The molecule has 1 saturated carbocycles. The third-order valence-electron chi connectivity index (χ3n) is 4.65. The SMILES string of the molecule is CC(C)C(NC1=C(C(=O)C(F)(F)F)C2(CCCC2)C1)C(=O)O. The van der Waals surface area contributed by atoms with Crippen molar-refractivity contribution >= 4 is 11.8 Å². The molecule has 1 fully saturated rings. The Morgan fingerprint density at radius 2 is 1.77 bits per heavy atom. The van der Waals surface area contributed by atoms with E-state index in [1.165, 1.54) is 0 Å². The Morgan fingerprint density at radius 3 is 2.18 bits per heavy atom. The zero-order chi connectivity index (χ0) is 16.7. The first-order chi connectivity index (χ1) is 10.1. The van der Waals surface area contributed by atoms with Crippen LogP contribution in [-0.2, 0) is 9.59 Å². The van der Waals surface area contributed by atoms with Crippen molar-refractivity contribution in [2.45, 2.75) is 58.2 Å². The minimum absolute atomic E-state index is 0.158. The maximum absolute atomic E-state index is 12.9. The van der Waals surface area contributed by atoms with Gasteiger partial charge in [0.15, 0.2) is 0 Å². The van der Waals surface area contributed by atoms with E-state index in [9.17, 15) is 22.8 Å². The van der Waals surface area contributed by atoms with Crippen molar-refractivity contribution < 1.29 is 27.9 Å². The Kier molecular flexibility index (Phi) is 4.28. The molecule has 1 atom stereocenters. The molecule has 2 N–H and O–H groups in total. The number of carboxylic acid groups (broad SMARTS) is 1. The molecular formula is C15H20F3NO3. The molecule has 0 amide bonds. The smallest absolute Gasteiger partial charge is 0.454 e. The van der Waals surface area contributed by atoms with Crippen LogP contribution in [0.15, 0.2) is 11.3 Å². The molecule has 2 rings (SSSR count). The normalized spacial score (nSPS) is 21.9. The number of aliphatic carboxylic acids is 1. The molecule has 0 aromatic rings. The largest absolute Gasteiger partial charge is 0.480 e. The molecule has 7 heteroatoms. The third-order valence-corrected chi connectivity index (χ3v) is 4.65. The number of carbonyl (C=O) groups is 2. The molecule has 0 saturated heterocycles. The highest BCUT2D eigenvalue weighted by Crippen LogP contribution is 2.57. The predicted molar refractivity (Wildman–Crippen MR) is 73.0 cm³/mol. The first kappa shape index (κ1) is 16.8. The Morgan fingerprint density at radius 1 is 1.23 bits per heavy atom. The summed E-state index contributed by atoms with van der Waals surface area (Å²) in [4.78, 5) is 23.0. The van der Waals surface area contributed by atoms with Gasteiger partial charge in [-0.25, -0.2) is 4.79 Å². The lowest BCUT2D eigenvalue weighted by atomic mass is 9.63. The number of hydrogen-bond donors (Lipinski definition) is 2. The lowest BCUT2D eigenvalue weighted by Crippen LogP contribution is -2.49. The monoisotopic (exact) mass is 319 g/mol. The van der Waals surface area contributed by atoms with Crippen molar-refractivity contribution in [3.63, 3.8) is 0 Å². The maximum atomic E-state index is 12.9. The maximum Gasteiger partial charge on any atom is 0.454 e. The van der Waals surface area contributed by atoms with Gasteiger partial charge in [0, 0.05) is 16.7 Å². The quantitative estimate of drug-likeness (QED) is 0.817. The molecule has 0 aromatic heterocycles. The van der Waals surface area contributed by atoms with E-state index in [1.807, 2.05) is 0 Å². The molecule has 1 spiro atoms. The van der Waals surface area contributed by atoms with Crippen LogP contribution in [0.1, 0.15) is 46.0 Å². The number of carboxylic acids is 1. The average Bonchev–Trinajstić information content (AvgIpc) is 2.82. The summed E-state index contributed by atoms with van der Waals surface area (Å²) < 4.78 is 38.6. The second-order valence-electron chi connectivity index (χ2n) is 6.55. The number of halogens is 3. The van der Waals surface area contributed by atoms with Crippen molar-refractivity contribution in [3.8, 4) is 0 Å². The summed E-state index contributed by atoms with van der Waals surface area (Å²) in [6.45, 7) is 3.34. The summed E-state index contributed by atoms with van der Waals surface area (Å²) in [6.07, 6.45) is -1.86. The van der Waals surface area contributed by atoms with Gasteiger partial charge in [0.1, 0.15) is 6.04 Å². The highest BCUT2D eigenvalue weighted by atomic mass is 19.4. The Labute approximate surface area is 126 Å². The van der Waals surface area contributed by atoms with E-state index < -0.39 is 29.4 Å². The van der Waals surface area contributed by atoms with E-state index in [4.69, 9.17) is 5.11 Å². The molecule has 0 aromatic carbocycles. The van der Waals surface area contributed by atoms with Crippen LogP contribution >= 0.6 is 0 Å². The molecule has 0 aliphatic heterocycles. The van der Waals surface area contributed by atoms with Gasteiger partial charge < -0.3 is 10.4 Å². The fourth-order valence-corrected chi connectivity index (χ4v) is 3.55. The van der Waals surface area contributed by atoms with Gasteiger partial charge in [-0.05, 0) is 25.2 Å². The molecular weight excluding hydrogens is 299 g/mol. The highest BCUT2D eigenvalue weighted by Gasteiger charge is 2.56. The minimum atomic E-state index is -4.92. The molecule has 22 heavy (non-hydrogen) atoms. The van der Waals surface area contributed by atoms with Gasteiger partial charge in [-0.15, -0.1) is 0 Å². The van der Waals surface area contributed by atoms with Gasteiger partial charge in [-0.1, -0.05) is 26.7 Å². The van der Waals surface area contributed by atoms with E-state index in [1.54, 1.807) is 13.8 Å². The number of alkyl halides is 3. The van der Waals surface area contributed by atoms with Crippen LogP contribution < -0.4 is 5.32 Å². The predicted octanol–water partition coefficient (Wildman–Crippen LogP) is 3.03. The number of allylic oxidation sites excluding steroid dienone is 2. The molecule has 4 nitrogen and oxygen atoms in total. The second kappa shape index (κ2) is 5.59. The first-order valence-electron chi connectivity index (χ1n) is 7.43. The molecule has 0 heterocycles. The fraction of sp³-hybridized carbons (Fsp3) is 0.733. The van der Waals surface area contributed by atoms with Crippen molar-refractivity contribution in [2.24, 2.45) is 11.3 Å². The van der Waals surface area contributed by atoms with Crippen LogP contribution in [0.5, 0.6) is 0 Å². The van der Waals surface area contributed by atoms with Gasteiger partial charge in [-0.2, -0.15) is 13.2 Å². The van der Waals surface area contributed by atoms with Crippen LogP contribution in [-0.4, -0.2) is 29.1 Å². The van der Waals surface area contributed by atoms with Crippen LogP contribution in [0.4, 0.5) is 13.2 Å². The van der Waals surface area contributed by atoms with Gasteiger partial charge in [0.25, 0.3) is 5.78 Å². The molecule has 124 valence electrons. The van der Waals surface area contributed by atoms with Gasteiger partial charge in [0.05, 0.1) is 0 Å². The third kappa shape index (κ3) is 2.85. The molecule has 2 aliphatic rings. The molecule has 0 bridgehead atoms. The lowest BCUT2D eigenvalue weighted by molar-refractivity contribution is -0.168. The number of nitrogens with one attached hydrogen (secondary N) is 1. The summed E-state index contributed by atoms with van der Waals surface area (Å²) in [7, 11) is 0. The zero-order valence-electron chi connectivity index (χ0n) is 12.6. The van der Waals surface area contributed by atoms with E-state index >= 15 is 0 Å². The second-order valence-corrected chi connectivity index (χ2v) is 6.55. The summed E-state index contributed by atoms with van der Waals surface area (Å²) in [5.74, 6) is -3.25. The Hall–Kier alpha value is -1.53. The summed E-state index contributed by atoms with van der Waals surface area (Å²) in [6, 6.07) is -0.996. The van der Waals surface area contributed by atoms with E-state index in [-0.39, 0.29) is 17.2 Å². The average molecular weight is 319 g/mol. The first-order valence-corrected chi connectivity index (χ1v) is 7.43. The summed E-state index contributed by atoms with van der Waals surface area (Å²) in [5, 5.41) is 11.8. The van der Waals surface area contributed by atoms with Crippen molar-refractivity contribution in [2.75, 3.05) is 0 Å². The van der Waals surface area contributed by atoms with Gasteiger partial charge in [0.2, 0.25) is 0 Å². The molecule has 2 aliphatic carbocycles. The van der Waals surface area contributed by atoms with E-state index in [2.05, 4.69) is 5.32 Å². The Bertz CT molecular complexity index is 517. The van der Waals surface area contributed by atoms with Crippen LogP contribution in [0.3, 0.4) is 0 Å². The van der Waals surface area contributed by atoms with Crippen molar-refractivity contribution in [3.05, 3.63) is 11.3 Å². The summed E-state index contributed by atoms with van der Waals surface area (Å²) in [5.41, 5.74) is -0.774. The number of hydrogen-bond acceptors (Lipinski definition) is 3. The number of carbonyl (C=O) groups excluding carboxylic acids is 1. The van der Waals surface area contributed by atoms with Crippen molar-refractivity contribution in [1.29, 1.82) is 0 Å².